The molecule has 2 nitrogen and oxygen atoms in total. The van der Waals surface area contributed by atoms with E-state index in [9.17, 15) is 4.79 Å². The lowest BCUT2D eigenvalue weighted by molar-refractivity contribution is 0.112. The molecule has 0 aromatic carbocycles. The number of rotatable bonds is 2. The Morgan fingerprint density at radius 2 is 2.50 bits per heavy atom. The molecule has 2 N–H and O–H groups in total. The quantitative estimate of drug-likeness (QED) is 0.659. The van der Waals surface area contributed by atoms with Crippen LogP contribution < -0.4 is 5.73 Å². The lowest BCUT2D eigenvalue weighted by atomic mass is 10.2. The second kappa shape index (κ2) is 2.94. The van der Waals surface area contributed by atoms with Gasteiger partial charge in [0.15, 0.2) is 6.29 Å². The van der Waals surface area contributed by atoms with Crippen LogP contribution in [0, 0.1) is 0 Å². The average Bonchev–Trinajstić information content (AvgIpc) is 2.34. The Hall–Kier alpha value is -0.670. The van der Waals surface area contributed by atoms with Gasteiger partial charge in [-0.2, -0.15) is 0 Å². The van der Waals surface area contributed by atoms with Gasteiger partial charge < -0.3 is 5.73 Å². The number of hydrogen-bond acceptors (Lipinski definition) is 3. The van der Waals surface area contributed by atoms with Crippen molar-refractivity contribution < 1.29 is 4.79 Å². The molecule has 0 radical (unpaired) electrons. The van der Waals surface area contributed by atoms with Crippen LogP contribution in [0.25, 0.3) is 0 Å². The molecule has 0 aliphatic rings. The van der Waals surface area contributed by atoms with Crippen LogP contribution in [0.1, 0.15) is 28.2 Å². The van der Waals surface area contributed by atoms with Crippen LogP contribution in [0.3, 0.4) is 0 Å². The molecule has 0 saturated carbocycles. The lowest BCUT2D eigenvalue weighted by Gasteiger charge is -1.96. The minimum Gasteiger partial charge on any atom is -0.324 e. The highest BCUT2D eigenvalue weighted by molar-refractivity contribution is 7.10. The molecule has 1 rings (SSSR count). The first-order chi connectivity index (χ1) is 4.74. The van der Waals surface area contributed by atoms with E-state index in [1.807, 2.05) is 18.4 Å². The maximum Gasteiger partial charge on any atom is 0.150 e. The van der Waals surface area contributed by atoms with Gasteiger partial charge in [0.2, 0.25) is 0 Å². The third-order valence-corrected chi connectivity index (χ3v) is 2.38. The molecule has 1 aromatic rings. The number of thiophene rings is 1. The molecule has 3 heteroatoms. The molecule has 1 atom stereocenters. The van der Waals surface area contributed by atoms with Gasteiger partial charge in [-0.1, -0.05) is 0 Å². The summed E-state index contributed by atoms with van der Waals surface area (Å²) in [5.74, 6) is 0. The summed E-state index contributed by atoms with van der Waals surface area (Å²) in [4.78, 5) is 11.3. The fraction of sp³-hybridized carbons (Fsp3) is 0.286. The van der Waals surface area contributed by atoms with Gasteiger partial charge >= 0.3 is 0 Å². The van der Waals surface area contributed by atoms with Crippen LogP contribution in [0.4, 0.5) is 0 Å². The Labute approximate surface area is 63.7 Å². The van der Waals surface area contributed by atoms with Crippen LogP contribution in [-0.2, 0) is 0 Å². The van der Waals surface area contributed by atoms with Gasteiger partial charge in [0.25, 0.3) is 0 Å². The molecular formula is C7H9NOS. The van der Waals surface area contributed by atoms with Crippen molar-refractivity contribution >= 4 is 17.6 Å². The molecule has 0 saturated heterocycles. The monoisotopic (exact) mass is 155 g/mol. The molecule has 54 valence electrons. The molecule has 0 fully saturated rings. The van der Waals surface area contributed by atoms with Gasteiger partial charge in [-0.25, -0.2) is 0 Å². The van der Waals surface area contributed by atoms with E-state index >= 15 is 0 Å². The van der Waals surface area contributed by atoms with E-state index < -0.39 is 0 Å². The summed E-state index contributed by atoms with van der Waals surface area (Å²) in [7, 11) is 0. The molecule has 0 aliphatic carbocycles. The summed E-state index contributed by atoms with van der Waals surface area (Å²) in [5, 5.41) is 1.81. The summed E-state index contributed by atoms with van der Waals surface area (Å²) in [6.07, 6.45) is 0.836. The van der Waals surface area contributed by atoms with Crippen molar-refractivity contribution in [2.45, 2.75) is 13.0 Å². The minimum atomic E-state index is 0.0405. The highest BCUT2D eigenvalue weighted by Gasteiger charge is 2.01. The van der Waals surface area contributed by atoms with E-state index in [0.717, 1.165) is 16.7 Å². The van der Waals surface area contributed by atoms with E-state index in [1.54, 1.807) is 0 Å². The zero-order valence-corrected chi connectivity index (χ0v) is 6.52. The lowest BCUT2D eigenvalue weighted by Crippen LogP contribution is -2.01. The molecule has 0 bridgehead atoms. The Morgan fingerprint density at radius 3 is 2.80 bits per heavy atom. The fourth-order valence-corrected chi connectivity index (χ4v) is 1.48. The van der Waals surface area contributed by atoms with Gasteiger partial charge in [-0.05, 0) is 13.0 Å². The van der Waals surface area contributed by atoms with E-state index in [1.165, 1.54) is 11.3 Å². The maximum absolute atomic E-state index is 10.2. The van der Waals surface area contributed by atoms with Gasteiger partial charge in [0, 0.05) is 21.9 Å². The van der Waals surface area contributed by atoms with Crippen molar-refractivity contribution in [1.29, 1.82) is 0 Å². The van der Waals surface area contributed by atoms with Crippen molar-refractivity contribution in [2.24, 2.45) is 5.73 Å². The van der Waals surface area contributed by atoms with Gasteiger partial charge in [0.1, 0.15) is 0 Å². The first-order valence-corrected chi connectivity index (χ1v) is 3.91. The highest BCUT2D eigenvalue weighted by atomic mass is 32.1. The van der Waals surface area contributed by atoms with Crippen molar-refractivity contribution in [1.82, 2.24) is 0 Å². The fourth-order valence-electron chi connectivity index (χ4n) is 0.669. The standard InChI is InChI=1S/C7H9NOS/c1-5(8)7-2-6(3-9)4-10-7/h2-5H,8H2,1H3/t5-/m1/s1. The molecule has 0 spiro atoms. The van der Waals surface area contributed by atoms with Gasteiger partial charge in [-0.15, -0.1) is 11.3 Å². The summed E-state index contributed by atoms with van der Waals surface area (Å²) in [5.41, 5.74) is 6.30. The molecule has 1 heterocycles. The van der Waals surface area contributed by atoms with E-state index in [2.05, 4.69) is 0 Å². The molecule has 0 unspecified atom stereocenters. The molecular weight excluding hydrogens is 146 g/mol. The maximum atomic E-state index is 10.2. The third kappa shape index (κ3) is 1.43. The van der Waals surface area contributed by atoms with E-state index in [-0.39, 0.29) is 6.04 Å². The van der Waals surface area contributed by atoms with Crippen LogP contribution >= 0.6 is 11.3 Å². The zero-order chi connectivity index (χ0) is 7.56. The largest absolute Gasteiger partial charge is 0.324 e. The Morgan fingerprint density at radius 1 is 1.80 bits per heavy atom. The van der Waals surface area contributed by atoms with Crippen LogP contribution in [0.5, 0.6) is 0 Å². The number of carbonyl (C=O) groups excluding carboxylic acids is 1. The number of nitrogens with two attached hydrogens (primary N) is 1. The summed E-state index contributed by atoms with van der Waals surface area (Å²) >= 11 is 1.53. The first-order valence-electron chi connectivity index (χ1n) is 3.03. The third-order valence-electron chi connectivity index (χ3n) is 1.22. The summed E-state index contributed by atoms with van der Waals surface area (Å²) in [6, 6.07) is 1.86. The Balaban J connectivity index is 2.88. The summed E-state index contributed by atoms with van der Waals surface area (Å²) in [6.45, 7) is 1.90. The van der Waals surface area contributed by atoms with Crippen LogP contribution in [0.15, 0.2) is 11.4 Å². The van der Waals surface area contributed by atoms with Gasteiger partial charge in [-0.3, -0.25) is 4.79 Å². The van der Waals surface area contributed by atoms with Crippen LogP contribution in [-0.4, -0.2) is 6.29 Å². The number of carbonyl (C=O) groups is 1. The smallest absolute Gasteiger partial charge is 0.150 e. The Bertz CT molecular complexity index is 229. The molecule has 10 heavy (non-hydrogen) atoms. The van der Waals surface area contributed by atoms with Crippen LogP contribution in [0.2, 0.25) is 0 Å². The molecule has 0 aliphatic heterocycles. The van der Waals surface area contributed by atoms with Crippen molar-refractivity contribution in [3.63, 3.8) is 0 Å². The second-order valence-electron chi connectivity index (χ2n) is 2.19. The molecule has 1 aromatic heterocycles. The van der Waals surface area contributed by atoms with E-state index in [0.29, 0.717) is 0 Å². The minimum absolute atomic E-state index is 0.0405. The zero-order valence-electron chi connectivity index (χ0n) is 5.70. The number of hydrogen-bond donors (Lipinski definition) is 1. The second-order valence-corrected chi connectivity index (χ2v) is 3.13. The topological polar surface area (TPSA) is 43.1 Å². The molecule has 0 amide bonds. The SMILES string of the molecule is C[C@@H](N)c1cc(C=O)cs1. The average molecular weight is 155 g/mol. The predicted molar refractivity (Wildman–Crippen MR) is 42.3 cm³/mol. The van der Waals surface area contributed by atoms with Crippen molar-refractivity contribution in [3.05, 3.63) is 21.9 Å². The van der Waals surface area contributed by atoms with Gasteiger partial charge in [0.05, 0.1) is 0 Å². The highest BCUT2D eigenvalue weighted by Crippen LogP contribution is 2.18. The Kier molecular flexibility index (Phi) is 2.19. The first kappa shape index (κ1) is 7.44. The normalized spacial score (nSPS) is 13.0. The summed E-state index contributed by atoms with van der Waals surface area (Å²) < 4.78 is 0. The van der Waals surface area contributed by atoms with Crippen molar-refractivity contribution in [2.75, 3.05) is 0 Å². The van der Waals surface area contributed by atoms with E-state index in [4.69, 9.17) is 5.73 Å². The van der Waals surface area contributed by atoms with Crippen molar-refractivity contribution in [3.8, 4) is 0 Å². The predicted octanol–water partition coefficient (Wildman–Crippen LogP) is 1.58. The number of aldehydes is 1.